The summed E-state index contributed by atoms with van der Waals surface area (Å²) in [4.78, 5) is 21.6. The van der Waals surface area contributed by atoms with E-state index in [1.807, 2.05) is 13.0 Å². The van der Waals surface area contributed by atoms with Crippen LogP contribution in [-0.4, -0.2) is 15.0 Å². The zero-order valence-electron chi connectivity index (χ0n) is 9.90. The van der Waals surface area contributed by atoms with Crippen LogP contribution in [0, 0.1) is 6.92 Å². The first-order valence-corrected chi connectivity index (χ1v) is 5.87. The molecule has 2 heterocycles. The van der Waals surface area contributed by atoms with Gasteiger partial charge in [0, 0.05) is 17.8 Å². The second-order valence-corrected chi connectivity index (χ2v) is 4.42. The SMILES string of the molecule is Cc1cc(Nc2cc(Cl)ncn2)cc2oc(=O)[nH]c12. The third-order valence-corrected chi connectivity index (χ3v) is 2.84. The molecule has 2 N–H and O–H groups in total. The molecule has 19 heavy (non-hydrogen) atoms. The lowest BCUT2D eigenvalue weighted by Crippen LogP contribution is -1.95. The monoisotopic (exact) mass is 276 g/mol. The number of anilines is 2. The summed E-state index contributed by atoms with van der Waals surface area (Å²) < 4.78 is 5.04. The minimum absolute atomic E-state index is 0.350. The number of benzene rings is 1. The number of fused-ring (bicyclic) bond motifs is 1. The van der Waals surface area contributed by atoms with E-state index in [2.05, 4.69) is 20.3 Å². The van der Waals surface area contributed by atoms with Crippen LogP contribution in [0.15, 0.2) is 33.7 Å². The van der Waals surface area contributed by atoms with Gasteiger partial charge in [0.2, 0.25) is 0 Å². The van der Waals surface area contributed by atoms with Crippen molar-refractivity contribution in [2.75, 3.05) is 5.32 Å². The molecule has 0 radical (unpaired) electrons. The summed E-state index contributed by atoms with van der Waals surface area (Å²) in [7, 11) is 0. The maximum absolute atomic E-state index is 11.2. The van der Waals surface area contributed by atoms with Crippen molar-refractivity contribution in [1.29, 1.82) is 0 Å². The highest BCUT2D eigenvalue weighted by atomic mass is 35.5. The molecule has 0 aliphatic rings. The molecule has 0 fully saturated rings. The Bertz CT molecular complexity index is 809. The smallest absolute Gasteiger partial charge is 0.408 e. The molecule has 0 bridgehead atoms. The Morgan fingerprint density at radius 2 is 2.16 bits per heavy atom. The molecular formula is C12H9ClN4O2. The van der Waals surface area contributed by atoms with Gasteiger partial charge in [0.1, 0.15) is 17.3 Å². The lowest BCUT2D eigenvalue weighted by molar-refractivity contribution is 0.555. The van der Waals surface area contributed by atoms with E-state index >= 15 is 0 Å². The van der Waals surface area contributed by atoms with Crippen molar-refractivity contribution in [3.63, 3.8) is 0 Å². The summed E-state index contributed by atoms with van der Waals surface area (Å²) in [5, 5.41) is 3.43. The Morgan fingerprint density at radius 3 is 2.95 bits per heavy atom. The number of aromatic amines is 1. The number of halogens is 1. The third kappa shape index (κ3) is 2.30. The number of hydrogen-bond donors (Lipinski definition) is 2. The molecule has 0 spiro atoms. The Balaban J connectivity index is 2.03. The molecule has 3 aromatic rings. The van der Waals surface area contributed by atoms with Crippen molar-refractivity contribution in [2.45, 2.75) is 6.92 Å². The summed E-state index contributed by atoms with van der Waals surface area (Å²) in [6, 6.07) is 5.20. The molecule has 2 aromatic heterocycles. The number of nitrogens with zero attached hydrogens (tertiary/aromatic N) is 2. The highest BCUT2D eigenvalue weighted by molar-refractivity contribution is 6.29. The molecule has 0 aliphatic carbocycles. The minimum atomic E-state index is -0.472. The predicted molar refractivity (Wildman–Crippen MR) is 71.9 cm³/mol. The zero-order chi connectivity index (χ0) is 13.4. The summed E-state index contributed by atoms with van der Waals surface area (Å²) in [6.07, 6.45) is 1.37. The number of oxazole rings is 1. The van der Waals surface area contributed by atoms with Crippen LogP contribution in [0.4, 0.5) is 11.5 Å². The first-order chi connectivity index (χ1) is 9.11. The molecule has 7 heteroatoms. The Kier molecular flexibility index (Phi) is 2.72. The van der Waals surface area contributed by atoms with Crippen LogP contribution in [-0.2, 0) is 0 Å². The van der Waals surface area contributed by atoms with Crippen LogP contribution in [0.2, 0.25) is 5.15 Å². The quantitative estimate of drug-likeness (QED) is 0.703. The number of aryl methyl sites for hydroxylation is 1. The molecule has 0 amide bonds. The average molecular weight is 277 g/mol. The Labute approximate surface area is 112 Å². The van der Waals surface area contributed by atoms with E-state index in [1.165, 1.54) is 6.33 Å². The van der Waals surface area contributed by atoms with E-state index in [0.29, 0.717) is 22.1 Å². The van der Waals surface area contributed by atoms with Gasteiger partial charge >= 0.3 is 5.76 Å². The van der Waals surface area contributed by atoms with Crippen LogP contribution in [0.5, 0.6) is 0 Å². The fourth-order valence-corrected chi connectivity index (χ4v) is 1.99. The summed E-state index contributed by atoms with van der Waals surface area (Å²) in [5.74, 6) is 0.0944. The molecule has 0 unspecified atom stereocenters. The van der Waals surface area contributed by atoms with Gasteiger partial charge in [0.05, 0.1) is 5.52 Å². The van der Waals surface area contributed by atoms with Gasteiger partial charge in [0.15, 0.2) is 5.58 Å². The summed E-state index contributed by atoms with van der Waals surface area (Å²) in [5.41, 5.74) is 2.83. The molecule has 1 aromatic carbocycles. The Morgan fingerprint density at radius 1 is 1.32 bits per heavy atom. The molecular weight excluding hydrogens is 268 g/mol. The van der Waals surface area contributed by atoms with E-state index in [9.17, 15) is 4.79 Å². The number of hydrogen-bond acceptors (Lipinski definition) is 5. The zero-order valence-corrected chi connectivity index (χ0v) is 10.7. The molecule has 0 saturated carbocycles. The minimum Gasteiger partial charge on any atom is -0.408 e. The summed E-state index contributed by atoms with van der Waals surface area (Å²) in [6.45, 7) is 1.88. The molecule has 3 rings (SSSR count). The van der Waals surface area contributed by atoms with Crippen LogP contribution < -0.4 is 11.1 Å². The molecule has 0 saturated heterocycles. The van der Waals surface area contributed by atoms with Crippen molar-refractivity contribution >= 4 is 34.2 Å². The predicted octanol–water partition coefficient (Wildman–Crippen LogP) is 2.62. The fourth-order valence-electron chi connectivity index (χ4n) is 1.84. The second-order valence-electron chi connectivity index (χ2n) is 4.03. The average Bonchev–Trinajstić information content (AvgIpc) is 2.70. The number of aromatic nitrogens is 3. The molecule has 6 nitrogen and oxygen atoms in total. The van der Waals surface area contributed by atoms with Gasteiger partial charge in [-0.05, 0) is 18.6 Å². The van der Waals surface area contributed by atoms with E-state index in [4.69, 9.17) is 16.0 Å². The normalized spacial score (nSPS) is 10.8. The van der Waals surface area contributed by atoms with Crippen molar-refractivity contribution in [3.8, 4) is 0 Å². The van der Waals surface area contributed by atoms with Gasteiger partial charge in [-0.15, -0.1) is 0 Å². The highest BCUT2D eigenvalue weighted by Gasteiger charge is 2.07. The van der Waals surface area contributed by atoms with E-state index in [-0.39, 0.29) is 0 Å². The number of rotatable bonds is 2. The van der Waals surface area contributed by atoms with Gasteiger partial charge in [-0.1, -0.05) is 11.6 Å². The van der Waals surface area contributed by atoms with Crippen molar-refractivity contribution in [3.05, 3.63) is 45.8 Å². The van der Waals surface area contributed by atoms with Gasteiger partial charge in [-0.25, -0.2) is 14.8 Å². The number of H-pyrrole nitrogens is 1. The van der Waals surface area contributed by atoms with E-state index in [1.54, 1.807) is 12.1 Å². The molecule has 0 atom stereocenters. The third-order valence-electron chi connectivity index (χ3n) is 2.64. The van der Waals surface area contributed by atoms with E-state index in [0.717, 1.165) is 11.3 Å². The van der Waals surface area contributed by atoms with Crippen LogP contribution in [0.25, 0.3) is 11.1 Å². The maximum Gasteiger partial charge on any atom is 0.417 e. The van der Waals surface area contributed by atoms with Crippen molar-refractivity contribution < 1.29 is 4.42 Å². The van der Waals surface area contributed by atoms with Crippen LogP contribution in [0.3, 0.4) is 0 Å². The van der Waals surface area contributed by atoms with Gasteiger partial charge in [-0.2, -0.15) is 0 Å². The lowest BCUT2D eigenvalue weighted by Gasteiger charge is -2.06. The van der Waals surface area contributed by atoms with Crippen LogP contribution in [0.1, 0.15) is 5.56 Å². The first-order valence-electron chi connectivity index (χ1n) is 5.50. The lowest BCUT2D eigenvalue weighted by atomic mass is 10.2. The van der Waals surface area contributed by atoms with Crippen LogP contribution >= 0.6 is 11.6 Å². The topological polar surface area (TPSA) is 83.8 Å². The van der Waals surface area contributed by atoms with Gasteiger partial charge in [0.25, 0.3) is 0 Å². The number of nitrogens with one attached hydrogen (secondary N) is 2. The standard InChI is InChI=1S/C12H9ClN4O2/c1-6-2-7(3-8-11(6)17-12(18)19-8)16-10-4-9(13)14-5-15-10/h2-5H,1H3,(H,17,18)(H,14,15,16). The molecule has 96 valence electrons. The van der Waals surface area contributed by atoms with Gasteiger partial charge < -0.3 is 9.73 Å². The van der Waals surface area contributed by atoms with Crippen molar-refractivity contribution in [2.24, 2.45) is 0 Å². The van der Waals surface area contributed by atoms with Gasteiger partial charge in [-0.3, -0.25) is 4.98 Å². The first kappa shape index (κ1) is 11.7. The maximum atomic E-state index is 11.2. The molecule has 0 aliphatic heterocycles. The second kappa shape index (κ2) is 4.40. The Hall–Kier alpha value is -2.34. The summed E-state index contributed by atoms with van der Waals surface area (Å²) >= 11 is 5.78. The highest BCUT2D eigenvalue weighted by Crippen LogP contribution is 2.23. The largest absolute Gasteiger partial charge is 0.417 e. The van der Waals surface area contributed by atoms with Crippen molar-refractivity contribution in [1.82, 2.24) is 15.0 Å². The fraction of sp³-hybridized carbons (Fsp3) is 0.0833. The van der Waals surface area contributed by atoms with E-state index < -0.39 is 5.76 Å².